The maximum atomic E-state index is 13.9. The summed E-state index contributed by atoms with van der Waals surface area (Å²) in [7, 11) is 0. The van der Waals surface area contributed by atoms with Crippen LogP contribution in [0.25, 0.3) is 0 Å². The topological polar surface area (TPSA) is 70.0 Å². The zero-order chi connectivity index (χ0) is 39.3. The first-order valence-corrected chi connectivity index (χ1v) is 21.6. The molecule has 0 bridgehead atoms. The van der Waals surface area contributed by atoms with Crippen molar-refractivity contribution < 1.29 is 24.1 Å². The number of benzene rings is 1. The van der Waals surface area contributed by atoms with E-state index in [2.05, 4.69) is 53.4 Å². The molecule has 1 aromatic carbocycles. The van der Waals surface area contributed by atoms with Crippen molar-refractivity contribution in [2.45, 2.75) is 164 Å². The fourth-order valence-corrected chi connectivity index (χ4v) is 13.0. The largest absolute Gasteiger partial charge is 0.494 e. The van der Waals surface area contributed by atoms with Crippen LogP contribution in [-0.2, 0) is 16.1 Å². The molecule has 0 amide bonds. The molecule has 0 spiro atoms. The molecule has 6 heteroatoms. The number of carbonyl (C=O) groups is 1. The third-order valence-corrected chi connectivity index (χ3v) is 15.7. The summed E-state index contributed by atoms with van der Waals surface area (Å²) in [5.74, 6) is 1.13. The van der Waals surface area contributed by atoms with E-state index in [-0.39, 0.29) is 33.6 Å². The van der Waals surface area contributed by atoms with Crippen molar-refractivity contribution in [2.75, 3.05) is 13.1 Å². The van der Waals surface area contributed by atoms with E-state index in [4.69, 9.17) is 11.3 Å². The lowest BCUT2D eigenvalue weighted by Gasteiger charge is -2.66. The normalized spacial score (nSPS) is 35.8. The van der Waals surface area contributed by atoms with Gasteiger partial charge in [0.2, 0.25) is 0 Å². The first kappa shape index (κ1) is 41.2. The summed E-state index contributed by atoms with van der Waals surface area (Å²) in [5, 5.41) is 22.7. The lowest BCUT2D eigenvalue weighted by atomic mass is 9.39. The van der Waals surface area contributed by atoms with Crippen LogP contribution in [0.5, 0.6) is 0 Å². The number of fused-ring (bicyclic) bond motifs is 5. The van der Waals surface area contributed by atoms with E-state index < -0.39 is 17.5 Å². The van der Waals surface area contributed by atoms with E-state index in [1.807, 2.05) is 18.2 Å². The average molecular weight is 746 g/mol. The summed E-state index contributed by atoms with van der Waals surface area (Å²) in [6.07, 6.45) is 16.1. The fraction of sp³-hybridized carbons (Fsp3) is 0.729. The Kier molecular flexibility index (Phi) is 11.8. The predicted octanol–water partition coefficient (Wildman–Crippen LogP) is 11.7. The molecule has 1 aromatic rings. The molecular weight excluding hydrogens is 674 g/mol. The highest BCUT2D eigenvalue weighted by atomic mass is 19.1. The minimum atomic E-state index is -0.816. The molecule has 0 aromatic heterocycles. The van der Waals surface area contributed by atoms with Gasteiger partial charge < -0.3 is 14.9 Å². The fourth-order valence-electron chi connectivity index (χ4n) is 13.0. The second-order valence-corrected chi connectivity index (χ2v) is 20.1. The van der Waals surface area contributed by atoms with Crippen molar-refractivity contribution in [3.8, 4) is 0 Å². The molecule has 0 aliphatic heterocycles. The Balaban J connectivity index is 1.37. The molecule has 6 rings (SSSR count). The van der Waals surface area contributed by atoms with Crippen LogP contribution < -0.4 is 0 Å². The predicted molar refractivity (Wildman–Crippen MR) is 217 cm³/mol. The number of aliphatic hydroxyl groups excluding tert-OH is 1. The molecule has 8 atom stereocenters. The highest BCUT2D eigenvalue weighted by molar-refractivity contribution is 5.79. The van der Waals surface area contributed by atoms with Gasteiger partial charge in [0, 0.05) is 30.3 Å². The molecule has 3 saturated carbocycles. The summed E-state index contributed by atoms with van der Waals surface area (Å²) in [6, 6.07) is 6.89. The Labute approximate surface area is 326 Å². The van der Waals surface area contributed by atoms with Crippen molar-refractivity contribution in [3.63, 3.8) is 0 Å². The van der Waals surface area contributed by atoms with Gasteiger partial charge in [0.05, 0.1) is 17.3 Å². The quantitative estimate of drug-likeness (QED) is 0.223. The van der Waals surface area contributed by atoms with E-state index >= 15 is 0 Å². The lowest BCUT2D eigenvalue weighted by Crippen LogP contribution is -2.60. The number of allylic oxidation sites excluding steroid dienone is 3. The highest BCUT2D eigenvalue weighted by Gasteiger charge is 2.65. The van der Waals surface area contributed by atoms with Crippen molar-refractivity contribution in [1.29, 1.82) is 0 Å². The molecular formula is C48H72FNO4. The third-order valence-electron chi connectivity index (χ3n) is 15.7. The molecule has 3 fully saturated rings. The van der Waals surface area contributed by atoms with Gasteiger partial charge in [-0.25, -0.2) is 4.39 Å². The number of hydrogen-bond donors (Lipinski definition) is 2. The number of carboxylic acid groups (broad SMARTS) is 1. The van der Waals surface area contributed by atoms with Crippen LogP contribution in [0.1, 0.15) is 151 Å². The first-order valence-electron chi connectivity index (χ1n) is 21.6. The minimum Gasteiger partial charge on any atom is -0.494 e. The number of carboxylic acids is 1. The van der Waals surface area contributed by atoms with Crippen LogP contribution in [-0.4, -0.2) is 46.4 Å². The Morgan fingerprint density at radius 2 is 1.65 bits per heavy atom. The molecule has 0 radical (unpaired) electrons. The molecule has 0 heterocycles. The third kappa shape index (κ3) is 7.30. The molecule has 54 heavy (non-hydrogen) atoms. The van der Waals surface area contributed by atoms with Gasteiger partial charge in [0.25, 0.3) is 0 Å². The molecule has 5 aliphatic rings. The van der Waals surface area contributed by atoms with Gasteiger partial charge in [-0.2, -0.15) is 0 Å². The van der Waals surface area contributed by atoms with Gasteiger partial charge in [-0.05, 0) is 123 Å². The molecule has 8 unspecified atom stereocenters. The van der Waals surface area contributed by atoms with Crippen molar-refractivity contribution in [1.82, 2.24) is 4.90 Å². The van der Waals surface area contributed by atoms with Gasteiger partial charge >= 0.3 is 5.97 Å². The zero-order valence-electron chi connectivity index (χ0n) is 35.0. The summed E-state index contributed by atoms with van der Waals surface area (Å²) < 4.78 is 20.6. The van der Waals surface area contributed by atoms with Gasteiger partial charge in [0.15, 0.2) is 0 Å². The van der Waals surface area contributed by atoms with Crippen LogP contribution in [0.2, 0.25) is 0 Å². The molecule has 2 N–H and O–H groups in total. The Morgan fingerprint density at radius 1 is 0.963 bits per heavy atom. The van der Waals surface area contributed by atoms with Crippen LogP contribution >= 0.6 is 0 Å². The van der Waals surface area contributed by atoms with Gasteiger partial charge in [0.1, 0.15) is 11.9 Å². The van der Waals surface area contributed by atoms with Crippen molar-refractivity contribution in [2.24, 2.45) is 44.8 Å². The van der Waals surface area contributed by atoms with E-state index in [0.29, 0.717) is 37.3 Å². The van der Waals surface area contributed by atoms with Gasteiger partial charge in [-0.1, -0.05) is 110 Å². The summed E-state index contributed by atoms with van der Waals surface area (Å²) in [6.45, 7) is 25.8. The highest BCUT2D eigenvalue weighted by Crippen LogP contribution is 2.72. The smallest absolute Gasteiger partial charge is 0.313 e. The summed E-state index contributed by atoms with van der Waals surface area (Å²) in [5.41, 5.74) is 4.11. The average Bonchev–Trinajstić information content (AvgIpc) is 3.41. The van der Waals surface area contributed by atoms with Crippen molar-refractivity contribution in [3.05, 3.63) is 70.8 Å². The molecule has 300 valence electrons. The minimum absolute atomic E-state index is 0.0645. The number of ether oxygens (including phenoxy) is 1. The summed E-state index contributed by atoms with van der Waals surface area (Å²) in [4.78, 5) is 14.3. The zero-order valence-corrected chi connectivity index (χ0v) is 35.0. The monoisotopic (exact) mass is 746 g/mol. The van der Waals surface area contributed by atoms with E-state index in [0.717, 1.165) is 75.7 Å². The Hall–Kier alpha value is -2.44. The molecule has 0 saturated heterocycles. The molecule has 5 nitrogen and oxygen atoms in total. The maximum absolute atomic E-state index is 13.9. The van der Waals surface area contributed by atoms with Crippen molar-refractivity contribution >= 4 is 5.97 Å². The van der Waals surface area contributed by atoms with E-state index in [1.54, 1.807) is 24.6 Å². The first-order chi connectivity index (χ1) is 25.4. The standard InChI is InChI=1S/C48H72FNO4/c1-10-11-26-50(30-34-17-19-35(49)20-18-34)31-39(51)48-23-15-13-12-14-16-38-46(8)25-22-40(54-36-28-45(7,29-36)43(52)53)44(5,6)37(46)21-24-47(38,9)42(48)41(32(2)3)33(4)27-48/h17-20,28,32,37-40,51H,4,10-16,21-27,29-31H2,1-3,5-9H3,(H,52,53). The number of nitrogens with zero attached hydrogens (tertiary/aromatic N) is 1. The Bertz CT molecular complexity index is 1610. The number of aliphatic hydroxyl groups is 1. The maximum Gasteiger partial charge on any atom is 0.313 e. The van der Waals surface area contributed by atoms with Gasteiger partial charge in [-0.3, -0.25) is 9.69 Å². The Morgan fingerprint density at radius 3 is 2.30 bits per heavy atom. The number of unbranched alkanes of at least 4 members (excludes halogenated alkanes) is 1. The lowest BCUT2D eigenvalue weighted by molar-refractivity contribution is -0.178. The SMILES string of the molecule is C=C1CC2(C(O)CN(CCCC)Cc3ccc(F)cc3)CCCCCCC3C(C)(CCC4C(C)(C)C(OC5=CC(C)(C(=O)O)C5)CCC34C)C2=C1C(C)C. The number of aliphatic carboxylic acids is 1. The second-order valence-electron chi connectivity index (χ2n) is 20.1. The number of halogens is 1. The van der Waals surface area contributed by atoms with Crippen LogP contribution in [0.15, 0.2) is 59.4 Å². The van der Waals surface area contributed by atoms with Crippen LogP contribution in [0.3, 0.4) is 0 Å². The number of rotatable bonds is 12. The number of hydrogen-bond acceptors (Lipinski definition) is 4. The van der Waals surface area contributed by atoms with E-state index in [1.165, 1.54) is 36.8 Å². The van der Waals surface area contributed by atoms with E-state index in [9.17, 15) is 19.4 Å². The van der Waals surface area contributed by atoms with Crippen LogP contribution in [0.4, 0.5) is 4.39 Å². The molecule has 5 aliphatic carbocycles. The van der Waals surface area contributed by atoms with Crippen LogP contribution in [0, 0.1) is 50.6 Å². The summed E-state index contributed by atoms with van der Waals surface area (Å²) >= 11 is 0. The van der Waals surface area contributed by atoms with Gasteiger partial charge in [-0.15, -0.1) is 0 Å². The second kappa shape index (κ2) is 15.5.